The van der Waals surface area contributed by atoms with Crippen molar-refractivity contribution in [2.45, 2.75) is 0 Å². The van der Waals surface area contributed by atoms with Gasteiger partial charge in [-0.2, -0.15) is 5.10 Å². The topological polar surface area (TPSA) is 83.4 Å². The number of hydrogen-bond donors (Lipinski definition) is 2. The molecule has 0 atom stereocenters. The largest absolute Gasteiger partial charge is 0.422 e. The summed E-state index contributed by atoms with van der Waals surface area (Å²) in [4.78, 5) is 3.21. The van der Waals surface area contributed by atoms with Crippen molar-refractivity contribution in [3.05, 3.63) is 41.0 Å². The lowest BCUT2D eigenvalue weighted by Gasteiger charge is -1.99. The van der Waals surface area contributed by atoms with Crippen LogP contribution in [0.1, 0.15) is 0 Å². The van der Waals surface area contributed by atoms with Crippen LogP contribution in [0, 0.1) is 0 Å². The van der Waals surface area contributed by atoms with Crippen molar-refractivity contribution in [3.63, 3.8) is 0 Å². The van der Waals surface area contributed by atoms with Gasteiger partial charge in [0.2, 0.25) is 6.39 Å². The average molecular weight is 320 g/mol. The molecule has 3 aromatic heterocycles. The second-order valence-corrected chi connectivity index (χ2v) is 5.17. The molecular weight excluding hydrogens is 313 g/mol. The first kappa shape index (κ1) is 12.4. The highest BCUT2D eigenvalue weighted by Gasteiger charge is 2.21. The van der Waals surface area contributed by atoms with E-state index in [-0.39, 0.29) is 0 Å². The molecule has 0 bridgehead atoms. The number of fused-ring (bicyclic) bond motifs is 1. The minimum Gasteiger partial charge on any atom is -0.422 e. The molecule has 104 valence electrons. The first-order valence-electron chi connectivity index (χ1n) is 6.01. The van der Waals surface area contributed by atoms with Crippen LogP contribution in [0.15, 0.2) is 35.3 Å². The fourth-order valence-corrected chi connectivity index (χ4v) is 2.70. The number of rotatable bonds is 2. The molecule has 0 spiro atoms. The molecule has 4 rings (SSSR count). The van der Waals surface area contributed by atoms with Gasteiger partial charge in [-0.25, -0.2) is 0 Å². The Morgan fingerprint density at radius 2 is 2.10 bits per heavy atom. The van der Waals surface area contributed by atoms with Crippen molar-refractivity contribution in [1.29, 1.82) is 0 Å². The molecule has 0 saturated heterocycles. The standard InChI is InChI=1S/C13H7Cl2N5O/c14-8-2-1-7-9(6-3-16-17-4-6)12(13-20-18-5-21-13)19-11(7)10(8)15/h1-5,19H,(H,16,17). The van der Waals surface area contributed by atoms with Crippen LogP contribution in [0.2, 0.25) is 10.0 Å². The van der Waals surface area contributed by atoms with Crippen molar-refractivity contribution in [2.75, 3.05) is 0 Å². The van der Waals surface area contributed by atoms with E-state index in [1.807, 2.05) is 6.07 Å². The highest BCUT2D eigenvalue weighted by Crippen LogP contribution is 2.41. The van der Waals surface area contributed by atoms with Gasteiger partial charge in [-0.1, -0.05) is 29.3 Å². The molecule has 0 amide bonds. The number of nitrogens with zero attached hydrogens (tertiary/aromatic N) is 3. The van der Waals surface area contributed by atoms with E-state index in [1.54, 1.807) is 18.5 Å². The summed E-state index contributed by atoms with van der Waals surface area (Å²) >= 11 is 12.4. The quantitative estimate of drug-likeness (QED) is 0.586. The Hall–Kier alpha value is -2.31. The normalized spacial score (nSPS) is 11.3. The van der Waals surface area contributed by atoms with Gasteiger partial charge >= 0.3 is 0 Å². The zero-order chi connectivity index (χ0) is 14.4. The van der Waals surface area contributed by atoms with Crippen molar-refractivity contribution in [1.82, 2.24) is 25.4 Å². The van der Waals surface area contributed by atoms with E-state index in [4.69, 9.17) is 27.6 Å². The summed E-state index contributed by atoms with van der Waals surface area (Å²) in [6, 6.07) is 3.64. The molecule has 8 heteroatoms. The maximum atomic E-state index is 6.28. The second kappa shape index (κ2) is 4.61. The molecule has 6 nitrogen and oxygen atoms in total. The van der Waals surface area contributed by atoms with Crippen molar-refractivity contribution < 1.29 is 4.42 Å². The fraction of sp³-hybridized carbons (Fsp3) is 0. The average Bonchev–Trinajstić information content (AvgIpc) is 3.20. The summed E-state index contributed by atoms with van der Waals surface area (Å²) < 4.78 is 5.30. The lowest BCUT2D eigenvalue weighted by Crippen LogP contribution is -1.81. The van der Waals surface area contributed by atoms with E-state index >= 15 is 0 Å². The van der Waals surface area contributed by atoms with Gasteiger partial charge < -0.3 is 9.40 Å². The Kier molecular flexibility index (Phi) is 2.73. The van der Waals surface area contributed by atoms with Crippen LogP contribution in [0.25, 0.3) is 33.6 Å². The number of halogens is 2. The van der Waals surface area contributed by atoms with Crippen LogP contribution in [0.3, 0.4) is 0 Å². The van der Waals surface area contributed by atoms with E-state index in [2.05, 4.69) is 25.4 Å². The number of H-pyrrole nitrogens is 2. The van der Waals surface area contributed by atoms with Gasteiger partial charge in [-0.05, 0) is 6.07 Å². The summed E-state index contributed by atoms with van der Waals surface area (Å²) in [6.07, 6.45) is 4.77. The third kappa shape index (κ3) is 1.84. The molecule has 0 fully saturated rings. The Balaban J connectivity index is 2.13. The summed E-state index contributed by atoms with van der Waals surface area (Å²) in [5, 5.41) is 16.3. The first-order chi connectivity index (χ1) is 10.3. The van der Waals surface area contributed by atoms with Gasteiger partial charge in [0.05, 0.1) is 21.8 Å². The molecule has 0 radical (unpaired) electrons. The zero-order valence-corrected chi connectivity index (χ0v) is 11.9. The van der Waals surface area contributed by atoms with E-state index in [9.17, 15) is 0 Å². The van der Waals surface area contributed by atoms with Crippen LogP contribution >= 0.6 is 23.2 Å². The zero-order valence-electron chi connectivity index (χ0n) is 10.4. The van der Waals surface area contributed by atoms with Crippen molar-refractivity contribution in [3.8, 4) is 22.7 Å². The molecule has 0 aliphatic carbocycles. The van der Waals surface area contributed by atoms with Crippen LogP contribution in [-0.2, 0) is 0 Å². The number of hydrogen-bond acceptors (Lipinski definition) is 4. The summed E-state index contributed by atoms with van der Waals surface area (Å²) in [5.41, 5.74) is 3.15. The number of aromatic amines is 2. The molecule has 0 unspecified atom stereocenters. The molecule has 0 aliphatic heterocycles. The Bertz CT molecular complexity index is 912. The Labute approximate surface area is 128 Å². The number of benzene rings is 1. The minimum atomic E-state index is 0.370. The van der Waals surface area contributed by atoms with Gasteiger partial charge in [-0.15, -0.1) is 10.2 Å². The van der Waals surface area contributed by atoms with Crippen LogP contribution in [0.4, 0.5) is 0 Å². The Morgan fingerprint density at radius 3 is 2.81 bits per heavy atom. The fourth-order valence-electron chi connectivity index (χ4n) is 2.33. The van der Waals surface area contributed by atoms with Gasteiger partial charge in [0.15, 0.2) is 0 Å². The summed E-state index contributed by atoms with van der Waals surface area (Å²) in [5.74, 6) is 0.370. The van der Waals surface area contributed by atoms with E-state index in [1.165, 1.54) is 6.39 Å². The van der Waals surface area contributed by atoms with Gasteiger partial charge in [0.25, 0.3) is 5.89 Å². The molecule has 1 aromatic carbocycles. The smallest absolute Gasteiger partial charge is 0.264 e. The lowest BCUT2D eigenvalue weighted by molar-refractivity contribution is 0.567. The van der Waals surface area contributed by atoms with Gasteiger partial charge in [0, 0.05) is 22.7 Å². The maximum Gasteiger partial charge on any atom is 0.264 e. The van der Waals surface area contributed by atoms with Crippen molar-refractivity contribution in [2.24, 2.45) is 0 Å². The maximum absolute atomic E-state index is 6.28. The van der Waals surface area contributed by atoms with Gasteiger partial charge in [-0.3, -0.25) is 5.10 Å². The molecule has 4 aromatic rings. The lowest BCUT2D eigenvalue weighted by atomic mass is 10.1. The molecule has 0 saturated carbocycles. The molecule has 2 N–H and O–H groups in total. The molecule has 3 heterocycles. The number of aromatic nitrogens is 5. The second-order valence-electron chi connectivity index (χ2n) is 4.39. The predicted octanol–water partition coefficient (Wildman–Crippen LogP) is 3.91. The monoisotopic (exact) mass is 319 g/mol. The molecular formula is C13H7Cl2N5O. The number of nitrogens with one attached hydrogen (secondary N) is 2. The van der Waals surface area contributed by atoms with Gasteiger partial charge in [0.1, 0.15) is 5.69 Å². The van der Waals surface area contributed by atoms with Crippen molar-refractivity contribution >= 4 is 34.1 Å². The first-order valence-corrected chi connectivity index (χ1v) is 6.76. The minimum absolute atomic E-state index is 0.370. The Morgan fingerprint density at radius 1 is 1.19 bits per heavy atom. The van der Waals surface area contributed by atoms with Crippen LogP contribution < -0.4 is 0 Å². The highest BCUT2D eigenvalue weighted by molar-refractivity contribution is 6.45. The third-order valence-electron chi connectivity index (χ3n) is 3.22. The summed E-state index contributed by atoms with van der Waals surface area (Å²) in [6.45, 7) is 0. The van der Waals surface area contributed by atoms with E-state index in [0.29, 0.717) is 27.1 Å². The van der Waals surface area contributed by atoms with E-state index < -0.39 is 0 Å². The van der Waals surface area contributed by atoms with Crippen LogP contribution in [0.5, 0.6) is 0 Å². The molecule has 21 heavy (non-hydrogen) atoms. The molecule has 0 aliphatic rings. The third-order valence-corrected chi connectivity index (χ3v) is 4.03. The predicted molar refractivity (Wildman–Crippen MR) is 79.2 cm³/mol. The SMILES string of the molecule is Clc1ccc2c(-c3cn[nH]c3)c(-c3nnco3)[nH]c2c1Cl. The van der Waals surface area contributed by atoms with E-state index in [0.717, 1.165) is 16.5 Å². The highest BCUT2D eigenvalue weighted by atomic mass is 35.5. The summed E-state index contributed by atoms with van der Waals surface area (Å²) in [7, 11) is 0. The van der Waals surface area contributed by atoms with Crippen LogP contribution in [-0.4, -0.2) is 25.4 Å².